The molecule has 0 aromatic rings. The summed E-state index contributed by atoms with van der Waals surface area (Å²) in [5.74, 6) is 0.0725. The van der Waals surface area contributed by atoms with Gasteiger partial charge < -0.3 is 10.2 Å². The highest BCUT2D eigenvalue weighted by atomic mass is 16.3. The van der Waals surface area contributed by atoms with Gasteiger partial charge in [-0.3, -0.25) is 4.79 Å². The van der Waals surface area contributed by atoms with Crippen molar-refractivity contribution in [2.45, 2.75) is 78.4 Å². The Bertz CT molecular complexity index is 505. The SMILES string of the molecule is CC(C)=CC(O)CC(C)=CC(=O)CC(C)(O)C1CC=C(C)CC1. The summed E-state index contributed by atoms with van der Waals surface area (Å²) in [5, 5.41) is 20.6. The van der Waals surface area contributed by atoms with Crippen LogP contribution in [0.5, 0.6) is 0 Å². The molecule has 3 atom stereocenters. The van der Waals surface area contributed by atoms with Crippen LogP contribution in [-0.4, -0.2) is 27.7 Å². The number of rotatable bonds is 7. The van der Waals surface area contributed by atoms with Crippen molar-refractivity contribution in [2.24, 2.45) is 5.92 Å². The molecule has 0 aromatic heterocycles. The van der Waals surface area contributed by atoms with Gasteiger partial charge >= 0.3 is 0 Å². The van der Waals surface area contributed by atoms with Crippen LogP contribution in [0.15, 0.2) is 34.9 Å². The van der Waals surface area contributed by atoms with E-state index in [2.05, 4.69) is 13.0 Å². The molecule has 0 heterocycles. The van der Waals surface area contributed by atoms with Crippen molar-refractivity contribution < 1.29 is 15.0 Å². The Morgan fingerprint density at radius 1 is 1.43 bits per heavy atom. The molecule has 0 spiro atoms. The number of hydrogen-bond donors (Lipinski definition) is 2. The van der Waals surface area contributed by atoms with E-state index >= 15 is 0 Å². The lowest BCUT2D eigenvalue weighted by atomic mass is 9.76. The number of aliphatic hydroxyl groups is 2. The van der Waals surface area contributed by atoms with Gasteiger partial charge in [0, 0.05) is 6.42 Å². The van der Waals surface area contributed by atoms with Crippen LogP contribution in [0.25, 0.3) is 0 Å². The van der Waals surface area contributed by atoms with Gasteiger partial charge in [-0.1, -0.05) is 28.9 Å². The van der Waals surface area contributed by atoms with Crippen molar-refractivity contribution in [3.05, 3.63) is 34.9 Å². The van der Waals surface area contributed by atoms with Crippen LogP contribution in [0.4, 0.5) is 0 Å². The van der Waals surface area contributed by atoms with Crippen LogP contribution in [-0.2, 0) is 4.79 Å². The molecule has 0 radical (unpaired) electrons. The average Bonchev–Trinajstić information content (AvgIpc) is 2.36. The predicted octanol–water partition coefficient (Wildman–Crippen LogP) is 4.11. The fraction of sp³-hybridized carbons (Fsp3) is 0.650. The highest BCUT2D eigenvalue weighted by Gasteiger charge is 2.33. The number of hydrogen-bond acceptors (Lipinski definition) is 3. The van der Waals surface area contributed by atoms with Crippen molar-refractivity contribution in [2.75, 3.05) is 0 Å². The van der Waals surface area contributed by atoms with Crippen LogP contribution in [0.2, 0.25) is 0 Å². The average molecular weight is 320 g/mol. The molecule has 1 aliphatic rings. The van der Waals surface area contributed by atoms with E-state index in [-0.39, 0.29) is 18.1 Å². The molecule has 3 heteroatoms. The Morgan fingerprint density at radius 3 is 2.61 bits per heavy atom. The maximum Gasteiger partial charge on any atom is 0.158 e. The second-order valence-corrected chi connectivity index (χ2v) is 7.53. The zero-order valence-corrected chi connectivity index (χ0v) is 15.2. The van der Waals surface area contributed by atoms with Crippen molar-refractivity contribution in [3.63, 3.8) is 0 Å². The van der Waals surface area contributed by atoms with Crippen LogP contribution in [0.1, 0.15) is 66.7 Å². The van der Waals surface area contributed by atoms with Gasteiger partial charge in [-0.2, -0.15) is 0 Å². The number of aliphatic hydroxyl groups excluding tert-OH is 1. The Kier molecular flexibility index (Phi) is 7.43. The minimum atomic E-state index is -0.969. The molecule has 0 saturated heterocycles. The maximum absolute atomic E-state index is 12.2. The summed E-state index contributed by atoms with van der Waals surface area (Å²) in [6.45, 7) is 9.60. The van der Waals surface area contributed by atoms with Gasteiger partial charge in [0.15, 0.2) is 5.78 Å². The first-order chi connectivity index (χ1) is 10.6. The molecule has 0 aliphatic heterocycles. The lowest BCUT2D eigenvalue weighted by Crippen LogP contribution is -2.37. The molecule has 0 saturated carbocycles. The summed E-state index contributed by atoms with van der Waals surface area (Å²) in [7, 11) is 0. The van der Waals surface area contributed by atoms with Crippen molar-refractivity contribution in [3.8, 4) is 0 Å². The third kappa shape index (κ3) is 7.28. The van der Waals surface area contributed by atoms with Crippen molar-refractivity contribution in [1.29, 1.82) is 0 Å². The van der Waals surface area contributed by atoms with Crippen LogP contribution in [0, 0.1) is 5.92 Å². The number of ketones is 1. The molecule has 1 rings (SSSR count). The highest BCUT2D eigenvalue weighted by Crippen LogP contribution is 2.34. The molecule has 0 fully saturated rings. The van der Waals surface area contributed by atoms with E-state index in [4.69, 9.17) is 0 Å². The molecular formula is C20H32O3. The summed E-state index contributed by atoms with van der Waals surface area (Å²) in [5.41, 5.74) is 2.30. The number of allylic oxidation sites excluding steroid dienone is 4. The van der Waals surface area contributed by atoms with E-state index < -0.39 is 11.7 Å². The van der Waals surface area contributed by atoms with E-state index in [1.165, 1.54) is 5.57 Å². The Hall–Kier alpha value is -1.19. The van der Waals surface area contributed by atoms with Gasteiger partial charge in [-0.25, -0.2) is 0 Å². The molecular weight excluding hydrogens is 288 g/mol. The van der Waals surface area contributed by atoms with Crippen LogP contribution >= 0.6 is 0 Å². The molecule has 3 nitrogen and oxygen atoms in total. The molecule has 23 heavy (non-hydrogen) atoms. The minimum Gasteiger partial charge on any atom is -0.389 e. The van der Waals surface area contributed by atoms with Gasteiger partial charge in [0.2, 0.25) is 0 Å². The molecule has 0 bridgehead atoms. The third-order valence-corrected chi connectivity index (χ3v) is 4.51. The molecule has 0 aromatic carbocycles. The minimum absolute atomic E-state index is 0.0665. The lowest BCUT2D eigenvalue weighted by molar-refractivity contribution is -0.121. The van der Waals surface area contributed by atoms with Crippen molar-refractivity contribution in [1.82, 2.24) is 0 Å². The van der Waals surface area contributed by atoms with E-state index in [0.29, 0.717) is 6.42 Å². The second kappa shape index (κ2) is 8.60. The largest absolute Gasteiger partial charge is 0.389 e. The zero-order chi connectivity index (χ0) is 17.6. The number of carbonyl (C=O) groups is 1. The molecule has 130 valence electrons. The lowest BCUT2D eigenvalue weighted by Gasteiger charge is -2.34. The monoisotopic (exact) mass is 320 g/mol. The van der Waals surface area contributed by atoms with Gasteiger partial charge in [0.05, 0.1) is 11.7 Å². The third-order valence-electron chi connectivity index (χ3n) is 4.51. The van der Waals surface area contributed by atoms with E-state index in [0.717, 1.165) is 30.4 Å². The van der Waals surface area contributed by atoms with Gasteiger partial charge in [0.25, 0.3) is 0 Å². The normalized spacial score (nSPS) is 22.8. The van der Waals surface area contributed by atoms with E-state index in [9.17, 15) is 15.0 Å². The molecule has 1 aliphatic carbocycles. The van der Waals surface area contributed by atoms with E-state index in [1.54, 1.807) is 19.1 Å². The standard InChI is InChI=1S/C20H32O3/c1-14(2)10-18(21)11-16(4)12-19(22)13-20(5,23)17-8-6-15(3)7-9-17/h6,10,12,17-18,21,23H,7-9,11,13H2,1-5H3. The fourth-order valence-electron chi connectivity index (χ4n) is 3.19. The first-order valence-electron chi connectivity index (χ1n) is 8.51. The van der Waals surface area contributed by atoms with Crippen molar-refractivity contribution >= 4 is 5.78 Å². The Labute approximate surface area is 140 Å². The fourth-order valence-corrected chi connectivity index (χ4v) is 3.19. The van der Waals surface area contributed by atoms with E-state index in [1.807, 2.05) is 20.8 Å². The van der Waals surface area contributed by atoms with Crippen LogP contribution in [0.3, 0.4) is 0 Å². The molecule has 3 unspecified atom stereocenters. The topological polar surface area (TPSA) is 57.5 Å². The molecule has 2 N–H and O–H groups in total. The summed E-state index contributed by atoms with van der Waals surface area (Å²) in [6, 6.07) is 0. The first-order valence-corrected chi connectivity index (χ1v) is 8.51. The summed E-state index contributed by atoms with van der Waals surface area (Å²) in [6.07, 6.45) is 8.33. The summed E-state index contributed by atoms with van der Waals surface area (Å²) >= 11 is 0. The van der Waals surface area contributed by atoms with Gasteiger partial charge in [-0.05, 0) is 72.3 Å². The predicted molar refractivity (Wildman–Crippen MR) is 95.2 cm³/mol. The molecule has 0 amide bonds. The highest BCUT2D eigenvalue weighted by molar-refractivity contribution is 5.91. The quantitative estimate of drug-likeness (QED) is 0.548. The smallest absolute Gasteiger partial charge is 0.158 e. The zero-order valence-electron chi connectivity index (χ0n) is 15.2. The Balaban J connectivity index is 2.60. The second-order valence-electron chi connectivity index (χ2n) is 7.53. The van der Waals surface area contributed by atoms with Gasteiger partial charge in [0.1, 0.15) is 0 Å². The first kappa shape index (κ1) is 19.9. The number of carbonyl (C=O) groups excluding carboxylic acids is 1. The summed E-state index contributed by atoms with van der Waals surface area (Å²) in [4.78, 5) is 12.2. The van der Waals surface area contributed by atoms with Crippen LogP contribution < -0.4 is 0 Å². The summed E-state index contributed by atoms with van der Waals surface area (Å²) < 4.78 is 0. The maximum atomic E-state index is 12.2. The van der Waals surface area contributed by atoms with Gasteiger partial charge in [-0.15, -0.1) is 0 Å². The Morgan fingerprint density at radius 2 is 2.09 bits per heavy atom.